The van der Waals surface area contributed by atoms with Crippen molar-refractivity contribution in [2.45, 2.75) is 58.5 Å². The van der Waals surface area contributed by atoms with E-state index < -0.39 is 0 Å². The molecule has 1 aromatic heterocycles. The molecule has 2 saturated heterocycles. The summed E-state index contributed by atoms with van der Waals surface area (Å²) in [5.74, 6) is 1.88. The van der Waals surface area contributed by atoms with Gasteiger partial charge >= 0.3 is 0 Å². The molecule has 0 unspecified atom stereocenters. The number of amides is 2. The van der Waals surface area contributed by atoms with E-state index in [1.165, 1.54) is 0 Å². The molecule has 0 bridgehead atoms. The Morgan fingerprint density at radius 1 is 1.07 bits per heavy atom. The van der Waals surface area contributed by atoms with Crippen LogP contribution in [0, 0.1) is 5.92 Å². The van der Waals surface area contributed by atoms with Crippen molar-refractivity contribution in [3.63, 3.8) is 0 Å². The van der Waals surface area contributed by atoms with Gasteiger partial charge in [-0.1, -0.05) is 26.0 Å². The number of hydrogen-bond donors (Lipinski definition) is 0. The minimum absolute atomic E-state index is 0.0333. The van der Waals surface area contributed by atoms with Gasteiger partial charge < -0.3 is 14.4 Å². The van der Waals surface area contributed by atoms with Crippen LogP contribution < -0.4 is 0 Å². The Morgan fingerprint density at radius 3 is 2.57 bits per heavy atom. The second-order valence-corrected chi connectivity index (χ2v) is 8.21. The maximum atomic E-state index is 13.1. The zero-order valence-corrected chi connectivity index (χ0v) is 16.9. The summed E-state index contributed by atoms with van der Waals surface area (Å²) in [6, 6.07) is 7.94. The number of rotatable bonds is 4. The first-order chi connectivity index (χ1) is 13.6. The second-order valence-electron chi connectivity index (χ2n) is 8.21. The lowest BCUT2D eigenvalue weighted by Crippen LogP contribution is -2.40. The van der Waals surface area contributed by atoms with Gasteiger partial charge in [-0.25, -0.2) is 4.98 Å². The normalized spacial score (nSPS) is 20.9. The van der Waals surface area contributed by atoms with E-state index >= 15 is 0 Å². The Morgan fingerprint density at radius 2 is 1.82 bits per heavy atom. The van der Waals surface area contributed by atoms with Crippen LogP contribution in [0.2, 0.25) is 0 Å². The molecule has 6 nitrogen and oxygen atoms in total. The number of likely N-dealkylation sites (tertiary alicyclic amines) is 2. The van der Waals surface area contributed by atoms with Crippen molar-refractivity contribution in [1.29, 1.82) is 0 Å². The van der Waals surface area contributed by atoms with E-state index in [4.69, 9.17) is 4.98 Å². The van der Waals surface area contributed by atoms with Crippen molar-refractivity contribution in [3.05, 3.63) is 30.1 Å². The average molecular weight is 383 g/mol. The number of piperidine rings is 1. The molecule has 150 valence electrons. The Balaban J connectivity index is 1.66. The third-order valence-electron chi connectivity index (χ3n) is 6.29. The molecule has 2 fully saturated rings. The smallest absolute Gasteiger partial charge is 0.242 e. The van der Waals surface area contributed by atoms with Crippen LogP contribution in [0.1, 0.15) is 57.8 Å². The van der Waals surface area contributed by atoms with E-state index in [1.54, 1.807) is 0 Å². The van der Waals surface area contributed by atoms with Gasteiger partial charge in [-0.15, -0.1) is 0 Å². The Hall–Kier alpha value is -2.37. The van der Waals surface area contributed by atoms with Crippen molar-refractivity contribution < 1.29 is 9.59 Å². The van der Waals surface area contributed by atoms with Crippen molar-refractivity contribution >= 4 is 22.8 Å². The van der Waals surface area contributed by atoms with Crippen molar-refractivity contribution in [2.24, 2.45) is 5.92 Å². The summed E-state index contributed by atoms with van der Waals surface area (Å²) in [6.45, 7) is 6.91. The largest absolute Gasteiger partial charge is 0.341 e. The fourth-order valence-electron chi connectivity index (χ4n) is 4.54. The molecule has 4 rings (SSSR count). The first-order valence-electron chi connectivity index (χ1n) is 10.6. The van der Waals surface area contributed by atoms with Gasteiger partial charge in [-0.3, -0.25) is 9.59 Å². The Labute approximate surface area is 166 Å². The Bertz CT molecular complexity index is 867. The van der Waals surface area contributed by atoms with Crippen LogP contribution in [0.25, 0.3) is 11.0 Å². The average Bonchev–Trinajstić information content (AvgIpc) is 3.33. The predicted octanol–water partition coefficient (Wildman–Crippen LogP) is 3.37. The summed E-state index contributed by atoms with van der Waals surface area (Å²) in [5, 5.41) is 0. The van der Waals surface area contributed by atoms with E-state index in [0.29, 0.717) is 18.9 Å². The highest BCUT2D eigenvalue weighted by molar-refractivity contribution is 5.82. The summed E-state index contributed by atoms with van der Waals surface area (Å²) in [5.41, 5.74) is 1.88. The lowest BCUT2D eigenvalue weighted by Gasteiger charge is -2.31. The molecule has 28 heavy (non-hydrogen) atoms. The fourth-order valence-corrected chi connectivity index (χ4v) is 4.54. The number of nitrogens with zero attached hydrogens (tertiary/aromatic N) is 4. The number of aromatic nitrogens is 2. The summed E-state index contributed by atoms with van der Waals surface area (Å²) in [6.07, 6.45) is 4.54. The van der Waals surface area contributed by atoms with Crippen LogP contribution in [-0.2, 0) is 16.1 Å². The quantitative estimate of drug-likeness (QED) is 0.815. The molecular formula is C22H30N4O2. The van der Waals surface area contributed by atoms with Crippen LogP contribution in [0.15, 0.2) is 24.3 Å². The topological polar surface area (TPSA) is 58.4 Å². The van der Waals surface area contributed by atoms with Crippen molar-refractivity contribution in [2.75, 3.05) is 19.6 Å². The van der Waals surface area contributed by atoms with Gasteiger partial charge in [0.1, 0.15) is 12.4 Å². The second kappa shape index (κ2) is 7.94. The highest BCUT2D eigenvalue weighted by atomic mass is 16.2. The molecule has 0 spiro atoms. The zero-order valence-electron chi connectivity index (χ0n) is 16.9. The maximum Gasteiger partial charge on any atom is 0.242 e. The van der Waals surface area contributed by atoms with Crippen LogP contribution in [0.4, 0.5) is 0 Å². The molecule has 0 saturated carbocycles. The van der Waals surface area contributed by atoms with E-state index in [0.717, 1.165) is 62.2 Å². The van der Waals surface area contributed by atoms with Crippen LogP contribution in [0.3, 0.4) is 0 Å². The first-order valence-corrected chi connectivity index (χ1v) is 10.6. The molecule has 0 radical (unpaired) electrons. The SMILES string of the molecule is CCC(=O)N1CCC[C@H]1c1nc2ccccc2n1CC(=O)N1CCC(C)CC1. The number of para-hydroxylation sites is 2. The summed E-state index contributed by atoms with van der Waals surface area (Å²) < 4.78 is 2.06. The van der Waals surface area contributed by atoms with Gasteiger partial charge in [0.05, 0.1) is 17.1 Å². The van der Waals surface area contributed by atoms with Gasteiger partial charge in [0, 0.05) is 26.1 Å². The number of carbonyl (C=O) groups excluding carboxylic acids is 2. The minimum Gasteiger partial charge on any atom is -0.341 e. The van der Waals surface area contributed by atoms with E-state index in [2.05, 4.69) is 11.5 Å². The molecule has 2 amide bonds. The highest BCUT2D eigenvalue weighted by Gasteiger charge is 2.33. The lowest BCUT2D eigenvalue weighted by atomic mass is 9.99. The number of carbonyl (C=O) groups is 2. The van der Waals surface area contributed by atoms with Crippen molar-refractivity contribution in [3.8, 4) is 0 Å². The van der Waals surface area contributed by atoms with Gasteiger partial charge in [0.2, 0.25) is 11.8 Å². The van der Waals surface area contributed by atoms with Crippen LogP contribution in [0.5, 0.6) is 0 Å². The van der Waals surface area contributed by atoms with E-state index in [1.807, 2.05) is 41.0 Å². The summed E-state index contributed by atoms with van der Waals surface area (Å²) in [4.78, 5) is 34.3. The van der Waals surface area contributed by atoms with Crippen LogP contribution >= 0.6 is 0 Å². The highest BCUT2D eigenvalue weighted by Crippen LogP contribution is 2.34. The lowest BCUT2D eigenvalue weighted by molar-refractivity contribution is -0.133. The molecule has 2 aliphatic rings. The molecular weight excluding hydrogens is 352 g/mol. The van der Waals surface area contributed by atoms with Gasteiger partial charge in [0.25, 0.3) is 0 Å². The van der Waals surface area contributed by atoms with E-state index in [-0.39, 0.29) is 17.9 Å². The summed E-state index contributed by atoms with van der Waals surface area (Å²) in [7, 11) is 0. The molecule has 3 heterocycles. The fraction of sp³-hybridized carbons (Fsp3) is 0.591. The predicted molar refractivity (Wildman–Crippen MR) is 109 cm³/mol. The molecule has 1 aromatic carbocycles. The van der Waals surface area contributed by atoms with Crippen LogP contribution in [-0.4, -0.2) is 50.8 Å². The van der Waals surface area contributed by atoms with E-state index in [9.17, 15) is 9.59 Å². The third-order valence-corrected chi connectivity index (χ3v) is 6.29. The standard InChI is InChI=1S/C22H30N4O2/c1-3-20(27)25-12-6-9-19(25)22-23-17-7-4-5-8-18(17)26(22)15-21(28)24-13-10-16(2)11-14-24/h4-5,7-8,16,19H,3,6,9-15H2,1-2H3/t19-/m0/s1. The molecule has 2 aromatic rings. The van der Waals surface area contributed by atoms with Crippen molar-refractivity contribution in [1.82, 2.24) is 19.4 Å². The molecule has 0 aliphatic carbocycles. The number of hydrogen-bond acceptors (Lipinski definition) is 3. The first kappa shape index (κ1) is 19.0. The maximum absolute atomic E-state index is 13.1. The molecule has 0 N–H and O–H groups in total. The van der Waals surface area contributed by atoms with Gasteiger partial charge in [-0.2, -0.15) is 0 Å². The minimum atomic E-state index is -0.0333. The monoisotopic (exact) mass is 382 g/mol. The zero-order chi connectivity index (χ0) is 19.7. The number of benzene rings is 1. The van der Waals surface area contributed by atoms with Gasteiger partial charge in [0.15, 0.2) is 0 Å². The number of imidazole rings is 1. The molecule has 6 heteroatoms. The van der Waals surface area contributed by atoms with Gasteiger partial charge in [-0.05, 0) is 43.7 Å². The molecule has 2 aliphatic heterocycles. The summed E-state index contributed by atoms with van der Waals surface area (Å²) >= 11 is 0. The molecule has 1 atom stereocenters. The third kappa shape index (κ3) is 3.52. The number of fused-ring (bicyclic) bond motifs is 1. The Kier molecular flexibility index (Phi) is 5.38.